The molecule has 0 atom stereocenters. The molecule has 0 saturated carbocycles. The van der Waals surface area contributed by atoms with Crippen molar-refractivity contribution in [3.8, 4) is 5.75 Å². The molecule has 1 rings (SSSR count). The molecule has 0 heterocycles. The molecule has 0 fully saturated rings. The first-order valence-electron chi connectivity index (χ1n) is 4.70. The van der Waals surface area contributed by atoms with Gasteiger partial charge in [-0.2, -0.15) is 10.4 Å². The highest BCUT2D eigenvalue weighted by molar-refractivity contribution is 6.32. The van der Waals surface area contributed by atoms with E-state index in [9.17, 15) is 10.4 Å². The molecule has 5 heteroatoms. The Morgan fingerprint density at radius 2 is 2.07 bits per heavy atom. The van der Waals surface area contributed by atoms with Crippen LogP contribution in [0.15, 0.2) is 18.2 Å². The quantitative estimate of drug-likeness (QED) is 0.620. The Kier molecular flexibility index (Phi) is 3.93. The van der Waals surface area contributed by atoms with Crippen molar-refractivity contribution in [3.05, 3.63) is 23.2 Å². The Labute approximate surface area is 93.8 Å². The molecule has 1 aromatic rings. The second kappa shape index (κ2) is 4.81. The van der Waals surface area contributed by atoms with Crippen LogP contribution in [0.4, 0.5) is 5.69 Å². The predicted octanol–water partition coefficient (Wildman–Crippen LogP) is 2.84. The van der Waals surface area contributed by atoms with Gasteiger partial charge in [-0.3, -0.25) is 0 Å². The summed E-state index contributed by atoms with van der Waals surface area (Å²) in [5, 5.41) is 19.1. The monoisotopic (exact) mass is 232 g/mol. The van der Waals surface area contributed by atoms with Crippen LogP contribution < -0.4 is 9.55 Å². The molecule has 4 nitrogen and oxygen atoms in total. The van der Waals surface area contributed by atoms with E-state index < -0.39 is 4.81 Å². The lowest BCUT2D eigenvalue weighted by Gasteiger charge is -2.16. The maximum atomic E-state index is 9.32. The van der Waals surface area contributed by atoms with E-state index in [1.54, 1.807) is 6.07 Å². The highest BCUT2D eigenvalue weighted by Crippen LogP contribution is 2.30. The van der Waals surface area contributed by atoms with Crippen molar-refractivity contribution in [1.29, 1.82) is 0 Å². The third-order valence-electron chi connectivity index (χ3n) is 1.87. The number of hydrogen-bond acceptors (Lipinski definition) is 3. The minimum absolute atomic E-state index is 0.297. The molecule has 2 N–H and O–H groups in total. The van der Waals surface area contributed by atoms with Crippen LogP contribution in [-0.2, 0) is 0 Å². The number of halogens is 1. The largest absolute Gasteiger partial charge is 0.492 e. The second-order valence-corrected chi connectivity index (χ2v) is 3.78. The van der Waals surface area contributed by atoms with Crippen LogP contribution in [0.2, 0.25) is 5.02 Å². The van der Waals surface area contributed by atoms with E-state index in [0.29, 0.717) is 23.1 Å². The summed E-state index contributed by atoms with van der Waals surface area (Å²) < 4.78 is 5.36. The molecule has 0 aromatic heterocycles. The summed E-state index contributed by atoms with van der Waals surface area (Å²) >= 11 is 5.89. The summed E-state index contributed by atoms with van der Waals surface area (Å²) in [6.07, 6.45) is 0.866. The van der Waals surface area contributed by atoms with E-state index in [4.69, 9.17) is 16.3 Å². The minimum Gasteiger partial charge on any atom is -0.492 e. The Balaban J connectivity index is 2.95. The van der Waals surface area contributed by atoms with Crippen LogP contribution in [0.1, 0.15) is 13.3 Å². The number of ether oxygens (including phenoxy) is 1. The van der Waals surface area contributed by atoms with Gasteiger partial charge in [0.05, 0.1) is 11.6 Å². The molecule has 1 aromatic carbocycles. The van der Waals surface area contributed by atoms with Gasteiger partial charge >= 0.3 is 0 Å². The highest BCUT2D eigenvalue weighted by atomic mass is 35.5. The molecular weight excluding hydrogens is 218 g/mol. The molecule has 0 unspecified atom stereocenters. The smallest absolute Gasteiger partial charge is 0.202 e. The maximum absolute atomic E-state index is 9.32. The van der Waals surface area contributed by atoms with E-state index in [-0.39, 0.29) is 0 Å². The van der Waals surface area contributed by atoms with Gasteiger partial charge in [0.25, 0.3) is 0 Å². The van der Waals surface area contributed by atoms with Crippen molar-refractivity contribution in [2.75, 3.05) is 13.7 Å². The van der Waals surface area contributed by atoms with Crippen molar-refractivity contribution < 1.29 is 15.2 Å². The molecule has 0 radical (unpaired) electrons. The zero-order valence-electron chi connectivity index (χ0n) is 8.77. The average molecular weight is 233 g/mol. The zero-order valence-corrected chi connectivity index (χ0v) is 9.53. The van der Waals surface area contributed by atoms with Gasteiger partial charge < -0.3 is 4.74 Å². The van der Waals surface area contributed by atoms with Crippen molar-refractivity contribution in [2.45, 2.75) is 13.3 Å². The molecule has 84 valence electrons. The lowest BCUT2D eigenvalue weighted by atomic mass is 10.3. The molecule has 0 aliphatic carbocycles. The summed E-state index contributed by atoms with van der Waals surface area (Å²) in [5.41, 5.74) is 0.297. The summed E-state index contributed by atoms with van der Waals surface area (Å²) in [4.78, 5) is -1.24. The van der Waals surface area contributed by atoms with Crippen LogP contribution in [0.3, 0.4) is 0 Å². The molecule has 0 aliphatic rings. The van der Waals surface area contributed by atoms with Gasteiger partial charge in [-0.05, 0) is 17.3 Å². The SMILES string of the molecule is CCCOc1cc([N+](C)(O)O)ccc1Cl. The van der Waals surface area contributed by atoms with E-state index in [0.717, 1.165) is 6.42 Å². The van der Waals surface area contributed by atoms with Crippen molar-refractivity contribution >= 4 is 17.3 Å². The van der Waals surface area contributed by atoms with Crippen molar-refractivity contribution in [3.63, 3.8) is 0 Å². The zero-order chi connectivity index (χ0) is 11.5. The fourth-order valence-electron chi connectivity index (χ4n) is 1.08. The van der Waals surface area contributed by atoms with Crippen molar-refractivity contribution in [2.24, 2.45) is 0 Å². The first kappa shape index (κ1) is 12.3. The van der Waals surface area contributed by atoms with Crippen LogP contribution in [0.25, 0.3) is 0 Å². The van der Waals surface area contributed by atoms with E-state index in [1.807, 2.05) is 6.92 Å². The topological polar surface area (TPSA) is 49.7 Å². The highest BCUT2D eigenvalue weighted by Gasteiger charge is 2.21. The Morgan fingerprint density at radius 1 is 1.40 bits per heavy atom. The number of rotatable bonds is 4. The third kappa shape index (κ3) is 3.35. The van der Waals surface area contributed by atoms with Gasteiger partial charge in [-0.25, -0.2) is 0 Å². The van der Waals surface area contributed by atoms with Crippen LogP contribution in [0, 0.1) is 0 Å². The first-order chi connectivity index (χ1) is 6.95. The normalized spacial score (nSPS) is 11.5. The van der Waals surface area contributed by atoms with Gasteiger partial charge in [0.1, 0.15) is 12.8 Å². The molecule has 0 bridgehead atoms. The summed E-state index contributed by atoms with van der Waals surface area (Å²) in [6.45, 7) is 2.53. The number of hydroxylamine groups is 2. The number of nitrogens with zero attached hydrogens (tertiary/aromatic N) is 1. The average Bonchev–Trinajstić information content (AvgIpc) is 2.15. The summed E-state index contributed by atoms with van der Waals surface area (Å²) in [6, 6.07) is 4.62. The minimum atomic E-state index is -1.24. The lowest BCUT2D eigenvalue weighted by molar-refractivity contribution is -0.272. The third-order valence-corrected chi connectivity index (χ3v) is 2.18. The van der Waals surface area contributed by atoms with E-state index >= 15 is 0 Å². The molecule has 0 aliphatic heterocycles. The van der Waals surface area contributed by atoms with Gasteiger partial charge in [0, 0.05) is 12.1 Å². The Morgan fingerprint density at radius 3 is 2.60 bits per heavy atom. The standard InChI is InChI=1S/C10H15ClNO3/c1-3-6-15-10-7-8(12(2,13)14)4-5-9(10)11/h4-5,7,13-14H,3,6H2,1-2H3/q+1. The fraction of sp³-hybridized carbons (Fsp3) is 0.400. The van der Waals surface area contributed by atoms with E-state index in [2.05, 4.69) is 0 Å². The van der Waals surface area contributed by atoms with Crippen molar-refractivity contribution in [1.82, 2.24) is 4.81 Å². The molecule has 0 amide bonds. The second-order valence-electron chi connectivity index (χ2n) is 3.38. The van der Waals surface area contributed by atoms with E-state index in [1.165, 1.54) is 19.2 Å². The number of hydrogen-bond donors (Lipinski definition) is 2. The first-order valence-corrected chi connectivity index (χ1v) is 5.08. The van der Waals surface area contributed by atoms with Gasteiger partial charge in [-0.1, -0.05) is 18.5 Å². The van der Waals surface area contributed by atoms with Crippen LogP contribution >= 0.6 is 11.6 Å². The Hall–Kier alpha value is -0.810. The predicted molar refractivity (Wildman–Crippen MR) is 58.5 cm³/mol. The molecule has 15 heavy (non-hydrogen) atoms. The summed E-state index contributed by atoms with van der Waals surface area (Å²) in [5.74, 6) is 0.462. The molecular formula is C10H15ClNO3+. The molecule has 0 spiro atoms. The van der Waals surface area contributed by atoms with Crippen LogP contribution in [0.5, 0.6) is 5.75 Å². The maximum Gasteiger partial charge on any atom is 0.202 e. The Bertz CT molecular complexity index is 336. The number of quaternary nitrogens is 1. The fourth-order valence-corrected chi connectivity index (χ4v) is 1.25. The number of benzene rings is 1. The van der Waals surface area contributed by atoms with Gasteiger partial charge in [-0.15, -0.1) is 0 Å². The van der Waals surface area contributed by atoms with Gasteiger partial charge in [0.15, 0.2) is 0 Å². The summed E-state index contributed by atoms with van der Waals surface area (Å²) in [7, 11) is 1.23. The van der Waals surface area contributed by atoms with Gasteiger partial charge in [0.2, 0.25) is 5.69 Å². The lowest BCUT2D eigenvalue weighted by Crippen LogP contribution is -2.36. The van der Waals surface area contributed by atoms with Crippen LogP contribution in [-0.4, -0.2) is 24.1 Å². The molecule has 0 saturated heterocycles.